The fraction of sp³-hybridized carbons (Fsp3) is 0.588. The molecule has 0 radical (unpaired) electrons. The number of nitrogens with zero attached hydrogens (tertiary/aromatic N) is 1. The third-order valence-electron chi connectivity index (χ3n) is 4.07. The second kappa shape index (κ2) is 9.32. The Hall–Kier alpha value is -1.21. The van der Waals surface area contributed by atoms with E-state index in [1.54, 1.807) is 0 Å². The summed E-state index contributed by atoms with van der Waals surface area (Å²) in [6.07, 6.45) is 1.56. The number of thioether (sulfide) groups is 1. The van der Waals surface area contributed by atoms with Crippen molar-refractivity contribution in [2.75, 3.05) is 41.8 Å². The second-order valence-corrected chi connectivity index (χ2v) is 9.47. The van der Waals surface area contributed by atoms with Crippen LogP contribution in [0.1, 0.15) is 19.8 Å². The second-order valence-electron chi connectivity index (χ2n) is 5.95. The number of carbonyl (C=O) groups excluding carboxylic acids is 1. The van der Waals surface area contributed by atoms with Gasteiger partial charge in [-0.25, -0.2) is 8.42 Å². The number of amides is 1. The van der Waals surface area contributed by atoms with E-state index >= 15 is 0 Å². The Morgan fingerprint density at radius 1 is 1.33 bits per heavy atom. The van der Waals surface area contributed by atoms with Gasteiger partial charge in [0.25, 0.3) is 0 Å². The maximum absolute atomic E-state index is 11.9. The summed E-state index contributed by atoms with van der Waals surface area (Å²) in [5, 5.41) is 3.00. The third-order valence-corrected chi connectivity index (χ3v) is 7.35. The van der Waals surface area contributed by atoms with Crippen molar-refractivity contribution in [1.82, 2.24) is 5.32 Å². The first-order chi connectivity index (χ1) is 11.5. The van der Waals surface area contributed by atoms with Crippen LogP contribution in [-0.2, 0) is 14.6 Å². The topological polar surface area (TPSA) is 66.5 Å². The van der Waals surface area contributed by atoms with Gasteiger partial charge in [0, 0.05) is 30.6 Å². The minimum atomic E-state index is -2.86. The minimum absolute atomic E-state index is 0.00735. The predicted molar refractivity (Wildman–Crippen MR) is 101 cm³/mol. The predicted octanol–water partition coefficient (Wildman–Crippen LogP) is 1.94. The maximum Gasteiger partial charge on any atom is 0.230 e. The van der Waals surface area contributed by atoms with Gasteiger partial charge >= 0.3 is 0 Å². The van der Waals surface area contributed by atoms with Gasteiger partial charge in [-0.1, -0.05) is 18.2 Å². The van der Waals surface area contributed by atoms with Crippen LogP contribution in [0.4, 0.5) is 5.69 Å². The highest BCUT2D eigenvalue weighted by Gasteiger charge is 2.28. The van der Waals surface area contributed by atoms with Crippen molar-refractivity contribution in [1.29, 1.82) is 0 Å². The molecule has 1 aliphatic rings. The van der Waals surface area contributed by atoms with Crippen molar-refractivity contribution >= 4 is 33.2 Å². The molecule has 1 aliphatic heterocycles. The summed E-state index contributed by atoms with van der Waals surface area (Å²) in [4.78, 5) is 14.1. The van der Waals surface area contributed by atoms with Gasteiger partial charge in [0.2, 0.25) is 5.91 Å². The lowest BCUT2D eigenvalue weighted by Gasteiger charge is -2.23. The van der Waals surface area contributed by atoms with Gasteiger partial charge in [-0.2, -0.15) is 0 Å². The van der Waals surface area contributed by atoms with Crippen LogP contribution in [0, 0.1) is 0 Å². The van der Waals surface area contributed by atoms with Gasteiger partial charge in [-0.05, 0) is 31.9 Å². The van der Waals surface area contributed by atoms with Crippen LogP contribution < -0.4 is 10.2 Å². The quantitative estimate of drug-likeness (QED) is 0.673. The van der Waals surface area contributed by atoms with E-state index < -0.39 is 9.84 Å². The molecule has 0 spiro atoms. The first-order valence-corrected chi connectivity index (χ1v) is 11.3. The van der Waals surface area contributed by atoms with Crippen molar-refractivity contribution in [3.05, 3.63) is 30.3 Å². The van der Waals surface area contributed by atoms with Crippen LogP contribution in [0.15, 0.2) is 30.3 Å². The molecule has 1 saturated heterocycles. The summed E-state index contributed by atoms with van der Waals surface area (Å²) >= 11 is 1.46. The van der Waals surface area contributed by atoms with E-state index in [1.165, 1.54) is 17.4 Å². The molecule has 1 N–H and O–H groups in total. The highest BCUT2D eigenvalue weighted by atomic mass is 32.2. The Morgan fingerprint density at radius 3 is 2.71 bits per heavy atom. The Kier molecular flexibility index (Phi) is 7.42. The molecule has 1 atom stereocenters. The molecule has 7 heteroatoms. The number of benzene rings is 1. The standard InChI is InChI=1S/C17H26N2O3S2/c1-2-19(15-7-4-3-5-8-15)11-6-10-18-17(20)13-23-16-9-12-24(21,22)14-16/h3-5,7-8,16H,2,6,9-14H2,1H3,(H,18,20). The zero-order chi connectivity index (χ0) is 17.4. The largest absolute Gasteiger partial charge is 0.372 e. The van der Waals surface area contributed by atoms with E-state index in [0.717, 1.165) is 19.5 Å². The third kappa shape index (κ3) is 6.36. The van der Waals surface area contributed by atoms with Gasteiger partial charge in [0.1, 0.15) is 0 Å². The molecule has 1 aromatic rings. The molecule has 0 aliphatic carbocycles. The molecule has 1 aromatic carbocycles. The Bertz CT molecular complexity index is 620. The number of sulfone groups is 1. The molecule has 134 valence electrons. The number of para-hydroxylation sites is 1. The van der Waals surface area contributed by atoms with Gasteiger partial charge in [0.05, 0.1) is 17.3 Å². The van der Waals surface area contributed by atoms with E-state index in [0.29, 0.717) is 18.7 Å². The normalized spacial score (nSPS) is 19.1. The molecule has 5 nitrogen and oxygen atoms in total. The van der Waals surface area contributed by atoms with Crippen LogP contribution in [-0.4, -0.2) is 56.5 Å². The summed E-state index contributed by atoms with van der Waals surface area (Å²) in [6.45, 7) is 4.60. The molecular weight excluding hydrogens is 344 g/mol. The summed E-state index contributed by atoms with van der Waals surface area (Å²) in [5.74, 6) is 0.815. The molecule has 0 saturated carbocycles. The van der Waals surface area contributed by atoms with Crippen LogP contribution in [0.3, 0.4) is 0 Å². The Balaban J connectivity index is 1.60. The average Bonchev–Trinajstić information content (AvgIpc) is 2.93. The van der Waals surface area contributed by atoms with Crippen molar-refractivity contribution in [3.8, 4) is 0 Å². The number of nitrogens with one attached hydrogen (secondary N) is 1. The number of hydrogen-bond acceptors (Lipinski definition) is 5. The lowest BCUT2D eigenvalue weighted by Crippen LogP contribution is -2.31. The van der Waals surface area contributed by atoms with E-state index in [-0.39, 0.29) is 22.7 Å². The van der Waals surface area contributed by atoms with Crippen LogP contribution >= 0.6 is 11.8 Å². The van der Waals surface area contributed by atoms with E-state index in [4.69, 9.17) is 0 Å². The number of anilines is 1. The minimum Gasteiger partial charge on any atom is -0.372 e. The smallest absolute Gasteiger partial charge is 0.230 e. The van der Waals surface area contributed by atoms with Crippen LogP contribution in [0.5, 0.6) is 0 Å². The molecule has 1 amide bonds. The fourth-order valence-electron chi connectivity index (χ4n) is 2.74. The molecule has 1 unspecified atom stereocenters. The lowest BCUT2D eigenvalue weighted by atomic mass is 10.2. The summed E-state index contributed by atoms with van der Waals surface area (Å²) in [5.41, 5.74) is 1.20. The van der Waals surface area contributed by atoms with Crippen molar-refractivity contribution in [2.24, 2.45) is 0 Å². The molecular formula is C17H26N2O3S2. The van der Waals surface area contributed by atoms with Gasteiger partial charge in [-0.15, -0.1) is 11.8 Å². The SMILES string of the molecule is CCN(CCCNC(=O)CSC1CCS(=O)(=O)C1)c1ccccc1. The summed E-state index contributed by atoms with van der Waals surface area (Å²) in [7, 11) is -2.86. The van der Waals surface area contributed by atoms with Crippen LogP contribution in [0.2, 0.25) is 0 Å². The number of carbonyl (C=O) groups is 1. The molecule has 0 bridgehead atoms. The fourth-order valence-corrected chi connectivity index (χ4v) is 6.22. The van der Waals surface area contributed by atoms with Gasteiger partial charge in [-0.3, -0.25) is 4.79 Å². The molecule has 24 heavy (non-hydrogen) atoms. The van der Waals surface area contributed by atoms with Gasteiger partial charge in [0.15, 0.2) is 9.84 Å². The highest BCUT2D eigenvalue weighted by Crippen LogP contribution is 2.23. The van der Waals surface area contributed by atoms with E-state index in [1.807, 2.05) is 18.2 Å². The van der Waals surface area contributed by atoms with Crippen molar-refractivity contribution in [3.63, 3.8) is 0 Å². The Morgan fingerprint density at radius 2 is 2.08 bits per heavy atom. The number of rotatable bonds is 9. The first-order valence-electron chi connectivity index (χ1n) is 8.39. The van der Waals surface area contributed by atoms with Crippen molar-refractivity contribution in [2.45, 2.75) is 25.0 Å². The molecule has 2 rings (SSSR count). The highest BCUT2D eigenvalue weighted by molar-refractivity contribution is 8.02. The molecule has 0 aromatic heterocycles. The number of hydrogen-bond donors (Lipinski definition) is 1. The van der Waals surface area contributed by atoms with Gasteiger partial charge < -0.3 is 10.2 Å². The Labute approximate surface area is 149 Å². The zero-order valence-electron chi connectivity index (χ0n) is 14.1. The van der Waals surface area contributed by atoms with E-state index in [2.05, 4.69) is 29.3 Å². The average molecular weight is 371 g/mol. The monoisotopic (exact) mass is 370 g/mol. The first kappa shape index (κ1) is 19.1. The van der Waals surface area contributed by atoms with Crippen LogP contribution in [0.25, 0.3) is 0 Å². The lowest BCUT2D eigenvalue weighted by molar-refractivity contribution is -0.118. The van der Waals surface area contributed by atoms with Crippen molar-refractivity contribution < 1.29 is 13.2 Å². The summed E-state index contributed by atoms with van der Waals surface area (Å²) < 4.78 is 22.8. The maximum atomic E-state index is 11.9. The molecule has 1 fully saturated rings. The molecule has 1 heterocycles. The zero-order valence-corrected chi connectivity index (χ0v) is 15.7. The van der Waals surface area contributed by atoms with E-state index in [9.17, 15) is 13.2 Å². The summed E-state index contributed by atoms with van der Waals surface area (Å²) in [6, 6.07) is 10.2.